The summed E-state index contributed by atoms with van der Waals surface area (Å²) in [6, 6.07) is 10.3. The summed E-state index contributed by atoms with van der Waals surface area (Å²) < 4.78 is 28.6. The van der Waals surface area contributed by atoms with Gasteiger partial charge in [-0.1, -0.05) is 24.6 Å². The van der Waals surface area contributed by atoms with E-state index in [-0.39, 0.29) is 5.69 Å². The highest BCUT2D eigenvalue weighted by molar-refractivity contribution is 5.91. The average Bonchev–Trinajstić information content (AvgIpc) is 2.92. The fourth-order valence-electron chi connectivity index (χ4n) is 3.34. The van der Waals surface area contributed by atoms with Gasteiger partial charge in [-0.15, -0.1) is 5.10 Å². The van der Waals surface area contributed by atoms with E-state index in [9.17, 15) is 13.6 Å². The highest BCUT2D eigenvalue weighted by Crippen LogP contribution is 2.25. The first kappa shape index (κ1) is 16.7. The van der Waals surface area contributed by atoms with Crippen LogP contribution in [-0.4, -0.2) is 22.9 Å². The van der Waals surface area contributed by atoms with Crippen LogP contribution >= 0.6 is 0 Å². The highest BCUT2D eigenvalue weighted by atomic mass is 19.1. The van der Waals surface area contributed by atoms with Crippen molar-refractivity contribution in [2.75, 3.05) is 18.0 Å². The zero-order valence-electron chi connectivity index (χ0n) is 14.2. The predicted octanol–water partition coefficient (Wildman–Crippen LogP) is 3.86. The largest absolute Gasteiger partial charge is 0.354 e. The summed E-state index contributed by atoms with van der Waals surface area (Å²) in [6.45, 7) is 1.54. The van der Waals surface area contributed by atoms with Gasteiger partial charge in [0.25, 0.3) is 5.56 Å². The second-order valence-corrected chi connectivity index (χ2v) is 6.41. The van der Waals surface area contributed by atoms with E-state index in [0.29, 0.717) is 11.2 Å². The number of nitrogens with zero attached hydrogens (tertiary/aromatic N) is 3. The molecule has 4 nitrogen and oxygen atoms in total. The third-order valence-electron chi connectivity index (χ3n) is 4.66. The van der Waals surface area contributed by atoms with Gasteiger partial charge in [0.05, 0.1) is 5.39 Å². The van der Waals surface area contributed by atoms with Crippen molar-refractivity contribution in [1.82, 2.24) is 9.78 Å². The van der Waals surface area contributed by atoms with Crippen molar-refractivity contribution < 1.29 is 8.78 Å². The molecule has 0 amide bonds. The molecule has 0 bridgehead atoms. The van der Waals surface area contributed by atoms with Crippen molar-refractivity contribution in [3.05, 3.63) is 70.9 Å². The predicted molar refractivity (Wildman–Crippen MR) is 97.6 cm³/mol. The minimum Gasteiger partial charge on any atom is -0.354 e. The van der Waals surface area contributed by atoms with Gasteiger partial charge in [-0.2, -0.15) is 4.68 Å². The molecule has 2 heterocycles. The zero-order chi connectivity index (χ0) is 18.1. The Labute approximate surface area is 149 Å². The molecule has 3 aromatic rings. The van der Waals surface area contributed by atoms with E-state index in [1.54, 1.807) is 12.1 Å². The molecule has 133 valence electrons. The maximum absolute atomic E-state index is 14.3. The van der Waals surface area contributed by atoms with E-state index in [1.165, 1.54) is 6.07 Å². The molecule has 0 unspecified atom stereocenters. The molecule has 0 spiro atoms. The Kier molecular flexibility index (Phi) is 4.41. The smallest absolute Gasteiger partial charge is 0.279 e. The molecule has 4 rings (SSSR count). The molecule has 1 saturated heterocycles. The SMILES string of the molecule is O=c1c2ccccc2c(N2C[CH]CCCC2)nn1-c1ccc(F)cc1F. The first-order valence-corrected chi connectivity index (χ1v) is 8.69. The molecule has 1 aliphatic heterocycles. The second-order valence-electron chi connectivity index (χ2n) is 6.41. The molecule has 2 aromatic carbocycles. The summed E-state index contributed by atoms with van der Waals surface area (Å²) in [5.74, 6) is -0.868. The number of fused-ring (bicyclic) bond motifs is 1. The average molecular weight is 354 g/mol. The summed E-state index contributed by atoms with van der Waals surface area (Å²) in [4.78, 5) is 15.0. The Balaban J connectivity index is 1.96. The fourth-order valence-corrected chi connectivity index (χ4v) is 3.34. The molecule has 0 aliphatic carbocycles. The topological polar surface area (TPSA) is 38.1 Å². The summed E-state index contributed by atoms with van der Waals surface area (Å²) in [7, 11) is 0. The lowest BCUT2D eigenvalue weighted by Gasteiger charge is -2.23. The quantitative estimate of drug-likeness (QED) is 0.701. The van der Waals surface area contributed by atoms with E-state index in [1.807, 2.05) is 12.1 Å². The monoisotopic (exact) mass is 354 g/mol. The van der Waals surface area contributed by atoms with E-state index >= 15 is 0 Å². The second kappa shape index (κ2) is 6.86. The molecule has 0 saturated carbocycles. The van der Waals surface area contributed by atoms with Crippen LogP contribution in [0, 0.1) is 18.1 Å². The third-order valence-corrected chi connectivity index (χ3v) is 4.66. The molecular weight excluding hydrogens is 336 g/mol. The molecular formula is C20H18F2N3O. The Bertz CT molecular complexity index is 1010. The van der Waals surface area contributed by atoms with Gasteiger partial charge in [0.1, 0.15) is 11.5 Å². The lowest BCUT2D eigenvalue weighted by molar-refractivity contribution is 0.571. The molecule has 0 atom stereocenters. The van der Waals surface area contributed by atoms with E-state index < -0.39 is 17.2 Å². The number of benzene rings is 2. The van der Waals surface area contributed by atoms with Crippen molar-refractivity contribution in [3.8, 4) is 5.69 Å². The van der Waals surface area contributed by atoms with Crippen LogP contribution in [0.2, 0.25) is 0 Å². The molecule has 1 aliphatic rings. The van der Waals surface area contributed by atoms with Crippen LogP contribution in [0.3, 0.4) is 0 Å². The number of hydrogen-bond acceptors (Lipinski definition) is 3. The van der Waals surface area contributed by atoms with Gasteiger partial charge >= 0.3 is 0 Å². The summed E-state index contributed by atoms with van der Waals surface area (Å²) in [6.07, 6.45) is 5.37. The number of aromatic nitrogens is 2. The molecule has 0 N–H and O–H groups in total. The van der Waals surface area contributed by atoms with Gasteiger partial charge in [-0.3, -0.25) is 4.79 Å². The summed E-state index contributed by atoms with van der Waals surface area (Å²) in [5, 5.41) is 5.68. The first-order chi connectivity index (χ1) is 12.6. The number of halogens is 2. The van der Waals surface area contributed by atoms with Gasteiger partial charge in [-0.25, -0.2) is 8.78 Å². The maximum Gasteiger partial charge on any atom is 0.279 e. The Morgan fingerprint density at radius 3 is 2.62 bits per heavy atom. The Morgan fingerprint density at radius 2 is 1.81 bits per heavy atom. The number of rotatable bonds is 2. The zero-order valence-corrected chi connectivity index (χ0v) is 14.2. The minimum absolute atomic E-state index is 0.0535. The van der Waals surface area contributed by atoms with Crippen molar-refractivity contribution >= 4 is 16.6 Å². The van der Waals surface area contributed by atoms with Crippen LogP contribution in [0.4, 0.5) is 14.6 Å². The minimum atomic E-state index is -0.816. The van der Waals surface area contributed by atoms with Gasteiger partial charge < -0.3 is 4.90 Å². The van der Waals surface area contributed by atoms with Crippen molar-refractivity contribution in [2.45, 2.75) is 19.3 Å². The normalized spacial score (nSPS) is 15.2. The lowest BCUT2D eigenvalue weighted by Crippen LogP contribution is -2.30. The lowest BCUT2D eigenvalue weighted by atomic mass is 10.1. The molecule has 1 radical (unpaired) electrons. The summed E-state index contributed by atoms with van der Waals surface area (Å²) >= 11 is 0. The third kappa shape index (κ3) is 2.96. The fraction of sp³-hybridized carbons (Fsp3) is 0.250. The van der Waals surface area contributed by atoms with Crippen molar-refractivity contribution in [2.24, 2.45) is 0 Å². The van der Waals surface area contributed by atoms with Crippen LogP contribution in [0.5, 0.6) is 0 Å². The standard InChI is InChI=1S/C20H18F2N3O/c21-14-9-10-18(17(22)13-14)25-20(26)16-8-4-3-7-15(16)19(23-25)24-11-5-1-2-6-12-24/h3-5,7-10,13H,1-2,6,11-12H2. The Morgan fingerprint density at radius 1 is 1.00 bits per heavy atom. The maximum atomic E-state index is 14.3. The Hall–Kier alpha value is -2.76. The van der Waals surface area contributed by atoms with Crippen LogP contribution < -0.4 is 10.5 Å². The molecule has 26 heavy (non-hydrogen) atoms. The number of anilines is 1. The van der Waals surface area contributed by atoms with Crippen LogP contribution in [0.15, 0.2) is 47.3 Å². The van der Waals surface area contributed by atoms with Gasteiger partial charge in [-0.05, 0) is 37.5 Å². The van der Waals surface area contributed by atoms with Gasteiger partial charge in [0.15, 0.2) is 11.6 Å². The van der Waals surface area contributed by atoms with Crippen LogP contribution in [0.1, 0.15) is 19.3 Å². The van der Waals surface area contributed by atoms with Crippen LogP contribution in [-0.2, 0) is 0 Å². The summed E-state index contributed by atoms with van der Waals surface area (Å²) in [5.41, 5.74) is -0.476. The first-order valence-electron chi connectivity index (χ1n) is 8.69. The van der Waals surface area contributed by atoms with Crippen LogP contribution in [0.25, 0.3) is 16.5 Å². The van der Waals surface area contributed by atoms with E-state index in [2.05, 4.69) is 16.4 Å². The molecule has 6 heteroatoms. The van der Waals surface area contributed by atoms with Crippen molar-refractivity contribution in [3.63, 3.8) is 0 Å². The van der Waals surface area contributed by atoms with Crippen molar-refractivity contribution in [1.29, 1.82) is 0 Å². The van der Waals surface area contributed by atoms with E-state index in [0.717, 1.165) is 54.6 Å². The number of hydrogen-bond donors (Lipinski definition) is 0. The molecule has 1 aromatic heterocycles. The van der Waals surface area contributed by atoms with Gasteiger partial charge in [0, 0.05) is 24.5 Å². The van der Waals surface area contributed by atoms with E-state index in [4.69, 9.17) is 0 Å². The van der Waals surface area contributed by atoms with Gasteiger partial charge in [0.2, 0.25) is 0 Å². The highest BCUT2D eigenvalue weighted by Gasteiger charge is 2.19. The molecule has 1 fully saturated rings.